The molecule has 15 heavy (non-hydrogen) atoms. The van der Waals surface area contributed by atoms with E-state index in [0.29, 0.717) is 5.54 Å². The summed E-state index contributed by atoms with van der Waals surface area (Å²) in [5.41, 5.74) is 3.16. The predicted octanol–water partition coefficient (Wildman–Crippen LogP) is 4.02. The van der Waals surface area contributed by atoms with Crippen LogP contribution in [-0.4, -0.2) is 23.5 Å². The molecular weight excluding hydrogens is 182 g/mol. The molecule has 2 rings (SSSR count). The van der Waals surface area contributed by atoms with E-state index in [0.717, 1.165) is 13.1 Å². The first-order chi connectivity index (χ1) is 7.10. The molecule has 1 nitrogen and oxygen atoms in total. The van der Waals surface area contributed by atoms with E-state index in [1.165, 1.54) is 24.0 Å². The van der Waals surface area contributed by atoms with Crippen LogP contribution in [0.1, 0.15) is 47.5 Å². The number of hydrogen-bond donors (Lipinski definition) is 0. The van der Waals surface area contributed by atoms with Gasteiger partial charge in [-0.05, 0) is 19.8 Å². The summed E-state index contributed by atoms with van der Waals surface area (Å²) < 4.78 is 0. The first kappa shape index (κ1) is 14.4. The average molecular weight is 209 g/mol. The van der Waals surface area contributed by atoms with Crippen molar-refractivity contribution in [1.82, 2.24) is 4.90 Å². The molecule has 0 atom stereocenters. The van der Waals surface area contributed by atoms with E-state index in [9.17, 15) is 0 Å². The largest absolute Gasteiger partial charge is 0.289 e. The summed E-state index contributed by atoms with van der Waals surface area (Å²) in [5, 5.41) is 0. The molecule has 2 fully saturated rings. The number of nitrogens with zero attached hydrogens (tertiary/aromatic N) is 1. The van der Waals surface area contributed by atoms with Crippen molar-refractivity contribution < 1.29 is 0 Å². The molecule has 2 saturated heterocycles. The van der Waals surface area contributed by atoms with Gasteiger partial charge in [-0.1, -0.05) is 52.0 Å². The minimum atomic E-state index is 0.383. The number of hydrogen-bond acceptors (Lipinski definition) is 1. The Bertz CT molecular complexity index is 207. The summed E-state index contributed by atoms with van der Waals surface area (Å²) >= 11 is 0. The van der Waals surface area contributed by atoms with Crippen molar-refractivity contribution in [2.45, 2.75) is 53.0 Å². The first-order valence-electron chi connectivity index (χ1n) is 6.18. The zero-order valence-corrected chi connectivity index (χ0v) is 11.2. The quantitative estimate of drug-likeness (QED) is 0.545. The van der Waals surface area contributed by atoms with E-state index in [2.05, 4.69) is 25.0 Å². The molecule has 0 N–H and O–H groups in total. The van der Waals surface area contributed by atoms with E-state index in [4.69, 9.17) is 0 Å². The van der Waals surface area contributed by atoms with Crippen molar-refractivity contribution in [3.05, 3.63) is 24.3 Å². The van der Waals surface area contributed by atoms with Crippen LogP contribution in [0.3, 0.4) is 0 Å². The first-order valence-corrected chi connectivity index (χ1v) is 6.18. The molecule has 2 aliphatic heterocycles. The van der Waals surface area contributed by atoms with Crippen molar-refractivity contribution in [2.24, 2.45) is 0 Å². The second kappa shape index (κ2) is 6.12. The van der Waals surface area contributed by atoms with Crippen LogP contribution >= 0.6 is 0 Å². The highest BCUT2D eigenvalue weighted by Crippen LogP contribution is 2.41. The Balaban J connectivity index is 0.000000442. The maximum atomic E-state index is 4.04. The van der Waals surface area contributed by atoms with Gasteiger partial charge in [-0.3, -0.25) is 4.90 Å². The Labute approximate surface area is 95.9 Å². The molecule has 0 aromatic rings. The van der Waals surface area contributed by atoms with Gasteiger partial charge in [0.1, 0.15) is 0 Å². The average Bonchev–Trinajstić information content (AvgIpc) is 2.60. The lowest BCUT2D eigenvalue weighted by molar-refractivity contribution is 0.218. The lowest BCUT2D eigenvalue weighted by atomic mass is 9.94. The van der Waals surface area contributed by atoms with Gasteiger partial charge in [0.05, 0.1) is 0 Å². The molecule has 0 saturated carbocycles. The maximum absolute atomic E-state index is 4.04. The van der Waals surface area contributed by atoms with Gasteiger partial charge in [0.2, 0.25) is 0 Å². The van der Waals surface area contributed by atoms with Crippen molar-refractivity contribution in [3.63, 3.8) is 0 Å². The minimum absolute atomic E-state index is 0.383. The van der Waals surface area contributed by atoms with Crippen molar-refractivity contribution in [3.8, 4) is 0 Å². The number of rotatable bonds is 0. The van der Waals surface area contributed by atoms with Crippen LogP contribution in [-0.2, 0) is 0 Å². The van der Waals surface area contributed by atoms with Crippen LogP contribution in [0.5, 0.6) is 0 Å². The van der Waals surface area contributed by atoms with E-state index in [1.807, 2.05) is 27.7 Å². The standard InChI is InChI=1S/C10H15N.2C2H6/c1-8-4-10(3)5-9(2)7-11(10)6-8;2*1-2/h1-2,4-7H2,3H3;2*1-2H3. The van der Waals surface area contributed by atoms with Crippen LogP contribution < -0.4 is 0 Å². The molecule has 0 bridgehead atoms. The third kappa shape index (κ3) is 3.20. The zero-order chi connectivity index (χ0) is 12.1. The van der Waals surface area contributed by atoms with Gasteiger partial charge in [-0.25, -0.2) is 0 Å². The second-order valence-corrected chi connectivity index (χ2v) is 4.21. The fourth-order valence-corrected chi connectivity index (χ4v) is 2.45. The van der Waals surface area contributed by atoms with Crippen molar-refractivity contribution in [1.29, 1.82) is 0 Å². The molecular formula is C14H27N. The molecule has 0 aromatic carbocycles. The summed E-state index contributed by atoms with van der Waals surface area (Å²) in [6, 6.07) is 0. The van der Waals surface area contributed by atoms with E-state index < -0.39 is 0 Å². The summed E-state index contributed by atoms with van der Waals surface area (Å²) in [6.45, 7) is 20.6. The van der Waals surface area contributed by atoms with Crippen LogP contribution in [0.25, 0.3) is 0 Å². The van der Waals surface area contributed by atoms with Gasteiger partial charge in [-0.15, -0.1) is 0 Å². The highest BCUT2D eigenvalue weighted by Gasteiger charge is 2.43. The van der Waals surface area contributed by atoms with Gasteiger partial charge in [-0.2, -0.15) is 0 Å². The molecule has 0 radical (unpaired) electrons. The van der Waals surface area contributed by atoms with Gasteiger partial charge in [0, 0.05) is 18.6 Å². The Morgan fingerprint density at radius 2 is 1.27 bits per heavy atom. The molecule has 1 heteroatoms. The topological polar surface area (TPSA) is 3.24 Å². The monoisotopic (exact) mass is 209 g/mol. The highest BCUT2D eigenvalue weighted by molar-refractivity contribution is 5.24. The molecule has 88 valence electrons. The molecule has 0 spiro atoms. The minimum Gasteiger partial charge on any atom is -0.289 e. The zero-order valence-electron chi connectivity index (χ0n) is 11.2. The fourth-order valence-electron chi connectivity index (χ4n) is 2.45. The third-order valence-electron chi connectivity index (χ3n) is 2.85. The van der Waals surface area contributed by atoms with Gasteiger partial charge in [0.15, 0.2) is 0 Å². The van der Waals surface area contributed by atoms with Gasteiger partial charge >= 0.3 is 0 Å². The Hall–Kier alpha value is -0.560. The molecule has 0 aromatic heterocycles. The smallest absolute Gasteiger partial charge is 0.0263 e. The van der Waals surface area contributed by atoms with Crippen LogP contribution in [0.2, 0.25) is 0 Å². The lowest BCUT2D eigenvalue weighted by Crippen LogP contribution is -2.34. The van der Waals surface area contributed by atoms with Crippen molar-refractivity contribution in [2.75, 3.05) is 13.1 Å². The Morgan fingerprint density at radius 1 is 0.933 bits per heavy atom. The molecule has 0 amide bonds. The summed E-state index contributed by atoms with van der Waals surface area (Å²) in [7, 11) is 0. The van der Waals surface area contributed by atoms with Gasteiger partial charge < -0.3 is 0 Å². The van der Waals surface area contributed by atoms with E-state index in [1.54, 1.807) is 0 Å². The maximum Gasteiger partial charge on any atom is 0.0263 e. The van der Waals surface area contributed by atoms with Gasteiger partial charge in [0.25, 0.3) is 0 Å². The van der Waals surface area contributed by atoms with E-state index >= 15 is 0 Å². The Kier molecular flexibility index (Phi) is 5.89. The van der Waals surface area contributed by atoms with Crippen LogP contribution in [0, 0.1) is 0 Å². The lowest BCUT2D eigenvalue weighted by Gasteiger charge is -2.25. The fraction of sp³-hybridized carbons (Fsp3) is 0.714. The summed E-state index contributed by atoms with van der Waals surface area (Å²) in [4.78, 5) is 2.50. The molecule has 2 heterocycles. The third-order valence-corrected chi connectivity index (χ3v) is 2.85. The van der Waals surface area contributed by atoms with Crippen molar-refractivity contribution >= 4 is 0 Å². The SMILES string of the molecule is C=C1CN2CC(=C)CC2(C)C1.CC.CC. The van der Waals surface area contributed by atoms with Crippen LogP contribution in [0.15, 0.2) is 24.3 Å². The summed E-state index contributed by atoms with van der Waals surface area (Å²) in [5.74, 6) is 0. The summed E-state index contributed by atoms with van der Waals surface area (Å²) in [6.07, 6.45) is 2.35. The number of fused-ring (bicyclic) bond motifs is 1. The predicted molar refractivity (Wildman–Crippen MR) is 70.2 cm³/mol. The Morgan fingerprint density at radius 3 is 1.53 bits per heavy atom. The highest BCUT2D eigenvalue weighted by atomic mass is 15.2. The molecule has 0 unspecified atom stereocenters. The molecule has 2 aliphatic rings. The van der Waals surface area contributed by atoms with Crippen LogP contribution in [0.4, 0.5) is 0 Å². The second-order valence-electron chi connectivity index (χ2n) is 4.21. The molecule has 0 aliphatic carbocycles. The normalized spacial score (nSPS) is 22.5. The van der Waals surface area contributed by atoms with E-state index in [-0.39, 0.29) is 0 Å².